The molecule has 1 amide bonds. The van der Waals surface area contributed by atoms with Crippen LogP contribution in [-0.4, -0.2) is 43.7 Å². The van der Waals surface area contributed by atoms with Crippen LogP contribution in [0.1, 0.15) is 25.7 Å². The lowest BCUT2D eigenvalue weighted by atomic mass is 10.0. The van der Waals surface area contributed by atoms with Crippen molar-refractivity contribution in [3.63, 3.8) is 0 Å². The smallest absolute Gasteiger partial charge is 0.224 e. The van der Waals surface area contributed by atoms with Crippen molar-refractivity contribution in [3.05, 3.63) is 0 Å². The van der Waals surface area contributed by atoms with E-state index in [1.54, 1.807) is 7.11 Å². The van der Waals surface area contributed by atoms with Crippen molar-refractivity contribution in [3.8, 4) is 0 Å². The van der Waals surface area contributed by atoms with Crippen LogP contribution in [0.15, 0.2) is 0 Å². The number of methoxy groups -OCH3 is 1. The Morgan fingerprint density at radius 3 is 3.00 bits per heavy atom. The summed E-state index contributed by atoms with van der Waals surface area (Å²) in [6.45, 7) is 1.96. The van der Waals surface area contributed by atoms with E-state index in [1.807, 2.05) is 4.90 Å². The van der Waals surface area contributed by atoms with Crippen molar-refractivity contribution < 1.29 is 9.53 Å². The van der Waals surface area contributed by atoms with Crippen LogP contribution in [-0.2, 0) is 9.53 Å². The third-order valence-electron chi connectivity index (χ3n) is 2.66. The van der Waals surface area contributed by atoms with Gasteiger partial charge in [-0.1, -0.05) is 0 Å². The number of carbonyl (C=O) groups is 1. The molecule has 0 bridgehead atoms. The first-order valence-corrected chi connectivity index (χ1v) is 5.28. The second kappa shape index (κ2) is 5.98. The number of hydrogen-bond acceptors (Lipinski definition) is 3. The van der Waals surface area contributed by atoms with Crippen LogP contribution in [0.4, 0.5) is 0 Å². The second-order valence-corrected chi connectivity index (χ2v) is 3.73. The fraction of sp³-hybridized carbons (Fsp3) is 0.900. The van der Waals surface area contributed by atoms with Crippen LogP contribution >= 0.6 is 0 Å². The van der Waals surface area contributed by atoms with Crippen LogP contribution in [0.25, 0.3) is 0 Å². The highest BCUT2D eigenvalue weighted by Gasteiger charge is 2.25. The number of likely N-dealkylation sites (tertiary alicyclic amines) is 1. The number of carbonyl (C=O) groups excluding carboxylic acids is 1. The summed E-state index contributed by atoms with van der Waals surface area (Å²) in [5.74, 6) is 0.175. The van der Waals surface area contributed by atoms with Crippen molar-refractivity contribution in [2.45, 2.75) is 31.7 Å². The number of amides is 1. The van der Waals surface area contributed by atoms with E-state index in [-0.39, 0.29) is 11.9 Å². The Morgan fingerprint density at radius 1 is 1.57 bits per heavy atom. The van der Waals surface area contributed by atoms with Gasteiger partial charge >= 0.3 is 0 Å². The van der Waals surface area contributed by atoms with Crippen molar-refractivity contribution in [1.82, 2.24) is 4.90 Å². The maximum absolute atomic E-state index is 11.7. The van der Waals surface area contributed by atoms with E-state index in [4.69, 9.17) is 10.5 Å². The zero-order valence-corrected chi connectivity index (χ0v) is 8.87. The summed E-state index contributed by atoms with van der Waals surface area (Å²) in [6, 6.07) is 0.271. The van der Waals surface area contributed by atoms with Gasteiger partial charge in [0.05, 0.1) is 12.6 Å². The summed E-state index contributed by atoms with van der Waals surface area (Å²) in [4.78, 5) is 13.6. The van der Waals surface area contributed by atoms with E-state index in [2.05, 4.69) is 0 Å². The first-order valence-electron chi connectivity index (χ1n) is 5.28. The molecule has 2 N–H and O–H groups in total. The number of nitrogens with two attached hydrogens (primary N) is 1. The molecule has 82 valence electrons. The summed E-state index contributed by atoms with van der Waals surface area (Å²) >= 11 is 0. The number of ether oxygens (including phenoxy) is 1. The fourth-order valence-corrected chi connectivity index (χ4v) is 1.96. The Kier molecular flexibility index (Phi) is 4.90. The molecule has 1 rings (SSSR count). The molecular weight excluding hydrogens is 180 g/mol. The van der Waals surface area contributed by atoms with Crippen molar-refractivity contribution in [1.29, 1.82) is 0 Å². The minimum atomic E-state index is 0.175. The Morgan fingerprint density at radius 2 is 2.36 bits per heavy atom. The van der Waals surface area contributed by atoms with Gasteiger partial charge in [-0.25, -0.2) is 0 Å². The van der Waals surface area contributed by atoms with E-state index in [1.165, 1.54) is 6.42 Å². The molecule has 0 saturated carbocycles. The Hall–Kier alpha value is -0.610. The van der Waals surface area contributed by atoms with Crippen LogP contribution in [0, 0.1) is 0 Å². The van der Waals surface area contributed by atoms with Crippen LogP contribution in [0.2, 0.25) is 0 Å². The molecule has 0 aromatic rings. The quantitative estimate of drug-likeness (QED) is 0.713. The van der Waals surface area contributed by atoms with Crippen LogP contribution < -0.4 is 5.73 Å². The standard InChI is InChI=1S/C10H20N2O2/c1-14-8-9-4-2-3-7-12(9)10(13)5-6-11/h9H,2-8,11H2,1H3/t9-/m0/s1. The molecule has 1 saturated heterocycles. The summed E-state index contributed by atoms with van der Waals surface area (Å²) in [7, 11) is 1.68. The van der Waals surface area contributed by atoms with Gasteiger partial charge < -0.3 is 15.4 Å². The Bertz CT molecular complexity index is 183. The van der Waals surface area contributed by atoms with E-state index in [9.17, 15) is 4.79 Å². The van der Waals surface area contributed by atoms with E-state index in [0.717, 1.165) is 19.4 Å². The zero-order chi connectivity index (χ0) is 10.4. The molecule has 4 heteroatoms. The Labute approximate surface area is 85.4 Å². The molecule has 1 aliphatic heterocycles. The summed E-state index contributed by atoms with van der Waals surface area (Å²) in [6.07, 6.45) is 3.82. The second-order valence-electron chi connectivity index (χ2n) is 3.73. The van der Waals surface area contributed by atoms with E-state index >= 15 is 0 Å². The maximum atomic E-state index is 11.7. The highest BCUT2D eigenvalue weighted by molar-refractivity contribution is 5.76. The minimum absolute atomic E-state index is 0.175. The molecule has 1 fully saturated rings. The third kappa shape index (κ3) is 2.96. The molecule has 0 aromatic heterocycles. The Balaban J connectivity index is 2.48. The van der Waals surface area contributed by atoms with Gasteiger partial charge in [0, 0.05) is 26.6 Å². The average Bonchev–Trinajstić information content (AvgIpc) is 2.19. The van der Waals surface area contributed by atoms with Gasteiger partial charge in [0.2, 0.25) is 5.91 Å². The number of hydrogen-bond donors (Lipinski definition) is 1. The van der Waals surface area contributed by atoms with Gasteiger partial charge in [-0.05, 0) is 19.3 Å². The molecular formula is C10H20N2O2. The number of piperidine rings is 1. The van der Waals surface area contributed by atoms with Crippen molar-refractivity contribution in [2.24, 2.45) is 5.73 Å². The fourth-order valence-electron chi connectivity index (χ4n) is 1.96. The van der Waals surface area contributed by atoms with Gasteiger partial charge in [-0.2, -0.15) is 0 Å². The summed E-state index contributed by atoms with van der Waals surface area (Å²) in [5, 5.41) is 0. The first-order chi connectivity index (χ1) is 6.79. The molecule has 14 heavy (non-hydrogen) atoms. The van der Waals surface area contributed by atoms with E-state index < -0.39 is 0 Å². The van der Waals surface area contributed by atoms with Crippen LogP contribution in [0.3, 0.4) is 0 Å². The molecule has 0 aromatic carbocycles. The molecule has 0 radical (unpaired) electrons. The summed E-state index contributed by atoms with van der Waals surface area (Å²) in [5.41, 5.74) is 5.38. The molecule has 0 unspecified atom stereocenters. The number of rotatable bonds is 4. The maximum Gasteiger partial charge on any atom is 0.224 e. The number of nitrogens with zero attached hydrogens (tertiary/aromatic N) is 1. The third-order valence-corrected chi connectivity index (χ3v) is 2.66. The van der Waals surface area contributed by atoms with Crippen LogP contribution in [0.5, 0.6) is 0 Å². The minimum Gasteiger partial charge on any atom is -0.383 e. The summed E-state index contributed by atoms with van der Waals surface area (Å²) < 4.78 is 5.11. The average molecular weight is 200 g/mol. The lowest BCUT2D eigenvalue weighted by molar-refractivity contribution is -0.136. The lowest BCUT2D eigenvalue weighted by Gasteiger charge is -2.35. The monoisotopic (exact) mass is 200 g/mol. The topological polar surface area (TPSA) is 55.6 Å². The predicted octanol–water partition coefficient (Wildman–Crippen LogP) is 0.363. The van der Waals surface area contributed by atoms with Gasteiger partial charge in [0.15, 0.2) is 0 Å². The highest BCUT2D eigenvalue weighted by Crippen LogP contribution is 2.17. The lowest BCUT2D eigenvalue weighted by Crippen LogP contribution is -2.46. The SMILES string of the molecule is COC[C@@H]1CCCCN1C(=O)CCN. The van der Waals surface area contributed by atoms with Gasteiger partial charge in [-0.15, -0.1) is 0 Å². The van der Waals surface area contributed by atoms with Gasteiger partial charge in [0.1, 0.15) is 0 Å². The zero-order valence-electron chi connectivity index (χ0n) is 8.87. The predicted molar refractivity (Wildman–Crippen MR) is 54.9 cm³/mol. The first kappa shape index (κ1) is 11.5. The molecule has 0 spiro atoms. The normalized spacial score (nSPS) is 22.4. The molecule has 1 atom stereocenters. The van der Waals surface area contributed by atoms with Crippen molar-refractivity contribution >= 4 is 5.91 Å². The molecule has 1 heterocycles. The highest BCUT2D eigenvalue weighted by atomic mass is 16.5. The molecule has 4 nitrogen and oxygen atoms in total. The van der Waals surface area contributed by atoms with Gasteiger partial charge in [0.25, 0.3) is 0 Å². The largest absolute Gasteiger partial charge is 0.383 e. The van der Waals surface area contributed by atoms with E-state index in [0.29, 0.717) is 19.6 Å². The van der Waals surface area contributed by atoms with Gasteiger partial charge in [-0.3, -0.25) is 4.79 Å². The molecule has 0 aliphatic carbocycles. The molecule has 1 aliphatic rings. The van der Waals surface area contributed by atoms with Crippen molar-refractivity contribution in [2.75, 3.05) is 26.8 Å².